The zero-order chi connectivity index (χ0) is 12.5. The van der Waals surface area contributed by atoms with Gasteiger partial charge in [-0.1, -0.05) is 6.92 Å². The molecule has 96 valence electrons. The lowest BCUT2D eigenvalue weighted by atomic mass is 9.98. The molecule has 2 atom stereocenters. The first kappa shape index (κ1) is 13.5. The summed E-state index contributed by atoms with van der Waals surface area (Å²) in [5, 5.41) is 5.46. The van der Waals surface area contributed by atoms with Crippen molar-refractivity contribution in [3.05, 3.63) is 20.8 Å². The smallest absolute Gasteiger partial charge is 0.150 e. The second-order valence-corrected chi connectivity index (χ2v) is 8.36. The van der Waals surface area contributed by atoms with Crippen LogP contribution in [0.5, 0.6) is 0 Å². The van der Waals surface area contributed by atoms with Crippen LogP contribution >= 0.6 is 27.3 Å². The van der Waals surface area contributed by atoms with Crippen LogP contribution in [-0.2, 0) is 9.84 Å². The van der Waals surface area contributed by atoms with Gasteiger partial charge in [0.15, 0.2) is 9.84 Å². The number of hydrogen-bond donors (Lipinski definition) is 1. The van der Waals surface area contributed by atoms with Crippen LogP contribution in [0.15, 0.2) is 15.9 Å². The van der Waals surface area contributed by atoms with E-state index in [9.17, 15) is 8.42 Å². The summed E-state index contributed by atoms with van der Waals surface area (Å²) in [5.74, 6) is 0.854. The predicted molar refractivity (Wildman–Crippen MR) is 75.2 cm³/mol. The van der Waals surface area contributed by atoms with Crippen LogP contribution in [0.1, 0.15) is 24.3 Å². The Kier molecular flexibility index (Phi) is 4.28. The van der Waals surface area contributed by atoms with Gasteiger partial charge in [-0.3, -0.25) is 0 Å². The Morgan fingerprint density at radius 1 is 1.65 bits per heavy atom. The Bertz CT molecular complexity index is 483. The molecule has 1 aromatic heterocycles. The van der Waals surface area contributed by atoms with E-state index in [1.165, 1.54) is 4.88 Å². The Morgan fingerprint density at radius 3 is 2.88 bits per heavy atom. The minimum Gasteiger partial charge on any atom is -0.309 e. The molecule has 17 heavy (non-hydrogen) atoms. The van der Waals surface area contributed by atoms with E-state index in [-0.39, 0.29) is 12.0 Å². The molecule has 0 aliphatic carbocycles. The molecular weight excluding hydrogens is 322 g/mol. The van der Waals surface area contributed by atoms with Crippen molar-refractivity contribution in [2.45, 2.75) is 19.4 Å². The van der Waals surface area contributed by atoms with Gasteiger partial charge in [0.25, 0.3) is 0 Å². The maximum absolute atomic E-state index is 11.6. The standard InChI is InChI=1S/C11H16BrNO2S2/c1-2-13-10(11-9(12)3-5-16-11)8-4-6-17(14,15)7-8/h3,5,8,10,13H,2,4,6-7H2,1H3. The fraction of sp³-hybridized carbons (Fsp3) is 0.636. The fourth-order valence-corrected chi connectivity index (χ4v) is 5.94. The summed E-state index contributed by atoms with van der Waals surface area (Å²) in [6.07, 6.45) is 0.768. The predicted octanol–water partition coefficient (Wildman–Crippen LogP) is 2.60. The maximum Gasteiger partial charge on any atom is 0.150 e. The molecule has 3 nitrogen and oxygen atoms in total. The van der Waals surface area contributed by atoms with E-state index in [4.69, 9.17) is 0 Å². The van der Waals surface area contributed by atoms with Crippen LogP contribution in [-0.4, -0.2) is 26.5 Å². The molecule has 0 bridgehead atoms. The molecular formula is C11H16BrNO2S2. The summed E-state index contributed by atoms with van der Waals surface area (Å²) >= 11 is 5.21. The molecule has 1 aromatic rings. The molecule has 1 saturated heterocycles. The molecule has 1 aliphatic rings. The van der Waals surface area contributed by atoms with E-state index >= 15 is 0 Å². The summed E-state index contributed by atoms with van der Waals surface area (Å²) < 4.78 is 24.2. The van der Waals surface area contributed by atoms with Crippen molar-refractivity contribution >= 4 is 37.1 Å². The zero-order valence-corrected chi connectivity index (χ0v) is 12.9. The largest absolute Gasteiger partial charge is 0.309 e. The molecule has 1 fully saturated rings. The van der Waals surface area contributed by atoms with Crippen molar-refractivity contribution in [2.75, 3.05) is 18.1 Å². The van der Waals surface area contributed by atoms with Crippen LogP contribution in [0.25, 0.3) is 0 Å². The van der Waals surface area contributed by atoms with E-state index in [1.54, 1.807) is 11.3 Å². The minimum absolute atomic E-state index is 0.159. The monoisotopic (exact) mass is 337 g/mol. The van der Waals surface area contributed by atoms with E-state index in [2.05, 4.69) is 28.2 Å². The molecule has 0 saturated carbocycles. The van der Waals surface area contributed by atoms with Gasteiger partial charge in [-0.25, -0.2) is 8.42 Å². The first-order valence-corrected chi connectivity index (χ1v) is 9.19. The number of nitrogens with one attached hydrogen (secondary N) is 1. The molecule has 0 aromatic carbocycles. The molecule has 2 heterocycles. The molecule has 2 rings (SSSR count). The van der Waals surface area contributed by atoms with Gasteiger partial charge in [0.1, 0.15) is 0 Å². The van der Waals surface area contributed by atoms with Crippen LogP contribution < -0.4 is 5.32 Å². The Balaban J connectivity index is 2.22. The van der Waals surface area contributed by atoms with E-state index in [1.807, 2.05) is 11.4 Å². The van der Waals surface area contributed by atoms with Crippen molar-refractivity contribution < 1.29 is 8.42 Å². The third-order valence-corrected chi connectivity index (χ3v) is 6.84. The molecule has 0 spiro atoms. The Labute approximate surface area is 115 Å². The quantitative estimate of drug-likeness (QED) is 0.918. The van der Waals surface area contributed by atoms with Gasteiger partial charge in [0.05, 0.1) is 11.5 Å². The number of sulfone groups is 1. The van der Waals surface area contributed by atoms with Crippen LogP contribution in [0.4, 0.5) is 0 Å². The average molecular weight is 338 g/mol. The maximum atomic E-state index is 11.6. The number of rotatable bonds is 4. The lowest BCUT2D eigenvalue weighted by Crippen LogP contribution is -2.28. The zero-order valence-electron chi connectivity index (χ0n) is 9.65. The van der Waals surface area contributed by atoms with Crippen molar-refractivity contribution in [1.82, 2.24) is 5.32 Å². The molecule has 1 N–H and O–H groups in total. The first-order valence-electron chi connectivity index (χ1n) is 5.70. The van der Waals surface area contributed by atoms with Gasteiger partial charge in [0.2, 0.25) is 0 Å². The van der Waals surface area contributed by atoms with Crippen LogP contribution in [0.2, 0.25) is 0 Å². The second kappa shape index (κ2) is 5.38. The summed E-state index contributed by atoms with van der Waals surface area (Å²) in [4.78, 5) is 1.22. The van der Waals surface area contributed by atoms with Gasteiger partial charge in [-0.15, -0.1) is 11.3 Å². The van der Waals surface area contributed by atoms with Crippen molar-refractivity contribution in [1.29, 1.82) is 0 Å². The molecule has 1 aliphatic heterocycles. The highest BCUT2D eigenvalue weighted by atomic mass is 79.9. The Morgan fingerprint density at radius 2 is 2.41 bits per heavy atom. The summed E-state index contributed by atoms with van der Waals surface area (Å²) in [6.45, 7) is 2.91. The van der Waals surface area contributed by atoms with Crippen molar-refractivity contribution in [3.63, 3.8) is 0 Å². The van der Waals surface area contributed by atoms with Gasteiger partial charge in [0, 0.05) is 15.4 Å². The Hall–Kier alpha value is 0.0900. The van der Waals surface area contributed by atoms with Crippen molar-refractivity contribution in [2.24, 2.45) is 5.92 Å². The lowest BCUT2D eigenvalue weighted by molar-refractivity contribution is 0.405. The molecule has 0 radical (unpaired) electrons. The van der Waals surface area contributed by atoms with E-state index in [0.29, 0.717) is 11.5 Å². The minimum atomic E-state index is -2.81. The van der Waals surface area contributed by atoms with Crippen LogP contribution in [0, 0.1) is 5.92 Å². The van der Waals surface area contributed by atoms with Gasteiger partial charge in [-0.2, -0.15) is 0 Å². The van der Waals surface area contributed by atoms with Crippen molar-refractivity contribution in [3.8, 4) is 0 Å². The summed E-state index contributed by atoms with van der Waals surface area (Å²) in [5.41, 5.74) is 0. The normalized spacial score (nSPS) is 24.9. The van der Waals surface area contributed by atoms with E-state index < -0.39 is 9.84 Å². The SMILES string of the molecule is CCNC(c1sccc1Br)C1CCS(=O)(=O)C1. The molecule has 2 unspecified atom stereocenters. The average Bonchev–Trinajstić information content (AvgIpc) is 2.81. The summed E-state index contributed by atoms with van der Waals surface area (Å²) in [7, 11) is -2.81. The highest BCUT2D eigenvalue weighted by molar-refractivity contribution is 9.10. The van der Waals surface area contributed by atoms with Crippen LogP contribution in [0.3, 0.4) is 0 Å². The third kappa shape index (κ3) is 3.10. The fourth-order valence-electron chi connectivity index (χ4n) is 2.31. The number of halogens is 1. The highest BCUT2D eigenvalue weighted by Gasteiger charge is 2.35. The molecule has 0 amide bonds. The van der Waals surface area contributed by atoms with Gasteiger partial charge >= 0.3 is 0 Å². The first-order chi connectivity index (χ1) is 8.03. The lowest BCUT2D eigenvalue weighted by Gasteiger charge is -2.22. The van der Waals surface area contributed by atoms with Gasteiger partial charge in [-0.05, 0) is 46.3 Å². The number of hydrogen-bond acceptors (Lipinski definition) is 4. The topological polar surface area (TPSA) is 46.2 Å². The van der Waals surface area contributed by atoms with E-state index in [0.717, 1.165) is 17.4 Å². The van der Waals surface area contributed by atoms with Gasteiger partial charge < -0.3 is 5.32 Å². The molecule has 6 heteroatoms. The third-order valence-electron chi connectivity index (χ3n) is 3.09. The summed E-state index contributed by atoms with van der Waals surface area (Å²) in [6, 6.07) is 2.18. The highest BCUT2D eigenvalue weighted by Crippen LogP contribution is 2.37. The second-order valence-electron chi connectivity index (χ2n) is 4.33. The number of thiophene rings is 1.